The summed E-state index contributed by atoms with van der Waals surface area (Å²) in [5, 5.41) is 21.8. The van der Waals surface area contributed by atoms with Crippen LogP contribution in [0.1, 0.15) is 90.2 Å². The zero-order valence-corrected chi connectivity index (χ0v) is 26.5. The summed E-state index contributed by atoms with van der Waals surface area (Å²) in [6, 6.07) is 4.05. The maximum absolute atomic E-state index is 14.1. The van der Waals surface area contributed by atoms with Crippen molar-refractivity contribution in [3.63, 3.8) is 0 Å². The number of hydrogen-bond acceptors (Lipinski definition) is 10. The van der Waals surface area contributed by atoms with E-state index in [1.54, 1.807) is 21.0 Å². The van der Waals surface area contributed by atoms with Crippen molar-refractivity contribution in [2.24, 2.45) is 0 Å². The molecule has 1 fully saturated rings. The fourth-order valence-electron chi connectivity index (χ4n) is 7.01. The molecule has 42 heavy (non-hydrogen) atoms. The van der Waals surface area contributed by atoms with Crippen molar-refractivity contribution in [2.45, 2.75) is 113 Å². The number of hydrogen-bond donors (Lipinski definition) is 2. The molecule has 0 saturated carbocycles. The molecule has 5 rings (SSSR count). The van der Waals surface area contributed by atoms with Crippen molar-refractivity contribution >= 4 is 22.8 Å². The molecule has 1 aliphatic carbocycles. The monoisotopic (exact) mass is 603 g/mol. The van der Waals surface area contributed by atoms with Gasteiger partial charge in [0, 0.05) is 11.3 Å². The molecule has 3 aliphatic heterocycles. The summed E-state index contributed by atoms with van der Waals surface area (Å²) in [5.41, 5.74) is -1.29. The standard InChI is InChI=1S/C32H45NO8S/c1-29(2,3)42-25(34)18-32(37,12-7-10-30(4,5)36)28(35)41-27-24(38-6)17-31-11-8-13-33(31)14-9-20-15-22-23(40-19-39-22)16-21(20)26(27)31/h15-17,26-27,36-37H,7-14,18-19H2,1-6H3. The number of esters is 1. The Morgan fingerprint density at radius 2 is 1.81 bits per heavy atom. The second-order valence-electron chi connectivity index (χ2n) is 13.8. The maximum Gasteiger partial charge on any atom is 0.339 e. The quantitative estimate of drug-likeness (QED) is 0.392. The minimum absolute atomic E-state index is 0.0117. The second-order valence-corrected chi connectivity index (χ2v) is 15.6. The summed E-state index contributed by atoms with van der Waals surface area (Å²) < 4.78 is 23.2. The van der Waals surface area contributed by atoms with Gasteiger partial charge in [-0.1, -0.05) is 32.5 Å². The minimum atomic E-state index is -2.05. The van der Waals surface area contributed by atoms with E-state index in [1.165, 1.54) is 0 Å². The van der Waals surface area contributed by atoms with E-state index in [-0.39, 0.29) is 35.4 Å². The van der Waals surface area contributed by atoms with Gasteiger partial charge in [0.05, 0.1) is 30.6 Å². The fraction of sp³-hybridized carbons (Fsp3) is 0.688. The third kappa shape index (κ3) is 6.18. The van der Waals surface area contributed by atoms with Gasteiger partial charge < -0.3 is 29.2 Å². The summed E-state index contributed by atoms with van der Waals surface area (Å²) in [7, 11) is 1.58. The number of nitrogens with zero attached hydrogens (tertiary/aromatic N) is 1. The molecule has 0 bridgehead atoms. The Hall–Kier alpha value is -2.27. The van der Waals surface area contributed by atoms with Crippen molar-refractivity contribution in [1.29, 1.82) is 0 Å². The van der Waals surface area contributed by atoms with Crippen molar-refractivity contribution < 1.29 is 38.7 Å². The van der Waals surface area contributed by atoms with Crippen LogP contribution < -0.4 is 9.47 Å². The molecule has 1 saturated heterocycles. The average Bonchev–Trinajstić information content (AvgIpc) is 3.55. The number of aliphatic hydroxyl groups is 2. The van der Waals surface area contributed by atoms with E-state index in [0.29, 0.717) is 30.1 Å². The molecule has 3 heterocycles. The molecule has 4 aliphatic rings. The lowest BCUT2D eigenvalue weighted by Gasteiger charge is -2.39. The van der Waals surface area contributed by atoms with E-state index < -0.39 is 28.8 Å². The number of rotatable bonds is 9. The molecule has 10 heteroatoms. The molecule has 4 unspecified atom stereocenters. The Morgan fingerprint density at radius 1 is 1.10 bits per heavy atom. The normalized spacial score (nSPS) is 26.4. The number of ether oxygens (including phenoxy) is 4. The average molecular weight is 604 g/mol. The van der Waals surface area contributed by atoms with Crippen molar-refractivity contribution in [1.82, 2.24) is 4.90 Å². The van der Waals surface area contributed by atoms with Crippen molar-refractivity contribution in [3.8, 4) is 11.5 Å². The Labute approximate surface area is 252 Å². The lowest BCUT2D eigenvalue weighted by molar-refractivity contribution is -0.175. The zero-order valence-electron chi connectivity index (χ0n) is 25.7. The Morgan fingerprint density at radius 3 is 2.48 bits per heavy atom. The Balaban J connectivity index is 1.49. The summed E-state index contributed by atoms with van der Waals surface area (Å²) in [5.74, 6) is 0.792. The van der Waals surface area contributed by atoms with Crippen LogP contribution in [-0.2, 0) is 25.5 Å². The molecule has 0 radical (unpaired) electrons. The van der Waals surface area contributed by atoms with E-state index >= 15 is 0 Å². The SMILES string of the molecule is COC1=CC23CCCN2CCc2cc4c(cc2C3C1OC(=O)C(O)(CCCC(C)(C)O)CC(=O)SC(C)(C)C)OCO4. The molecule has 4 atom stereocenters. The first-order chi connectivity index (χ1) is 19.6. The number of thioether (sulfide) groups is 1. The predicted octanol–water partition coefficient (Wildman–Crippen LogP) is 4.47. The first-order valence-corrected chi connectivity index (χ1v) is 15.8. The Bertz CT molecular complexity index is 1250. The summed E-state index contributed by atoms with van der Waals surface area (Å²) in [4.78, 5) is 29.6. The smallest absolute Gasteiger partial charge is 0.339 e. The van der Waals surface area contributed by atoms with Gasteiger partial charge in [0.25, 0.3) is 0 Å². The van der Waals surface area contributed by atoms with E-state index in [9.17, 15) is 19.8 Å². The topological polar surface area (TPSA) is 115 Å². The van der Waals surface area contributed by atoms with Crippen LogP contribution in [0, 0.1) is 0 Å². The Kier molecular flexibility index (Phi) is 8.41. The van der Waals surface area contributed by atoms with E-state index in [4.69, 9.17) is 18.9 Å². The number of benzene rings is 1. The van der Waals surface area contributed by atoms with Crippen LogP contribution in [0.4, 0.5) is 0 Å². The highest BCUT2D eigenvalue weighted by Crippen LogP contribution is 2.55. The van der Waals surface area contributed by atoms with E-state index in [2.05, 4.69) is 11.0 Å². The van der Waals surface area contributed by atoms with Gasteiger partial charge in [0.2, 0.25) is 6.79 Å². The zero-order chi connectivity index (χ0) is 30.5. The largest absolute Gasteiger partial charge is 0.497 e. The lowest BCUT2D eigenvalue weighted by atomic mass is 9.77. The van der Waals surface area contributed by atoms with Crippen molar-refractivity contribution in [2.75, 3.05) is 27.0 Å². The molecule has 1 aromatic rings. The summed E-state index contributed by atoms with van der Waals surface area (Å²) in [6.07, 6.45) is 4.32. The third-order valence-electron chi connectivity index (χ3n) is 8.81. The van der Waals surface area contributed by atoms with Gasteiger partial charge in [-0.15, -0.1) is 0 Å². The van der Waals surface area contributed by atoms with E-state index in [1.807, 2.05) is 32.9 Å². The summed E-state index contributed by atoms with van der Waals surface area (Å²) >= 11 is 1.10. The van der Waals surface area contributed by atoms with Crippen LogP contribution in [0.5, 0.6) is 11.5 Å². The van der Waals surface area contributed by atoms with Gasteiger partial charge in [-0.25, -0.2) is 4.79 Å². The first-order valence-electron chi connectivity index (χ1n) is 15.0. The first kappa shape index (κ1) is 31.2. The van der Waals surface area contributed by atoms with Crippen molar-refractivity contribution in [3.05, 3.63) is 35.1 Å². The van der Waals surface area contributed by atoms with Crippen LogP contribution in [0.2, 0.25) is 0 Å². The number of carbonyl (C=O) groups is 2. The van der Waals surface area contributed by atoms with Crippen LogP contribution in [0.3, 0.4) is 0 Å². The predicted molar refractivity (Wildman–Crippen MR) is 160 cm³/mol. The van der Waals surface area contributed by atoms with Gasteiger partial charge in [-0.05, 0) is 88.3 Å². The highest BCUT2D eigenvalue weighted by Gasteiger charge is 2.59. The lowest BCUT2D eigenvalue weighted by Crippen LogP contribution is -2.49. The van der Waals surface area contributed by atoms with Gasteiger partial charge in [-0.3, -0.25) is 9.69 Å². The molecule has 1 aromatic carbocycles. The molecule has 9 nitrogen and oxygen atoms in total. The van der Waals surface area contributed by atoms with E-state index in [0.717, 1.165) is 55.2 Å². The maximum atomic E-state index is 14.1. The second kappa shape index (κ2) is 11.3. The molecule has 232 valence electrons. The molecular formula is C32H45NO8S. The number of methoxy groups -OCH3 is 1. The van der Waals surface area contributed by atoms with Gasteiger partial charge in [-0.2, -0.15) is 0 Å². The number of fused-ring (bicyclic) bond motifs is 3. The molecular weight excluding hydrogens is 558 g/mol. The highest BCUT2D eigenvalue weighted by molar-refractivity contribution is 8.14. The summed E-state index contributed by atoms with van der Waals surface area (Å²) in [6.45, 7) is 11.0. The van der Waals surface area contributed by atoms with Gasteiger partial charge in [0.15, 0.2) is 28.3 Å². The van der Waals surface area contributed by atoms with Gasteiger partial charge >= 0.3 is 5.97 Å². The third-order valence-corrected chi connectivity index (χ3v) is 9.80. The fourth-order valence-corrected chi connectivity index (χ4v) is 8.01. The van der Waals surface area contributed by atoms with Crippen LogP contribution in [0.25, 0.3) is 0 Å². The number of carbonyl (C=O) groups excluding carboxylic acids is 2. The molecule has 0 aromatic heterocycles. The van der Waals surface area contributed by atoms with Crippen LogP contribution in [0.15, 0.2) is 24.0 Å². The van der Waals surface area contributed by atoms with Crippen LogP contribution >= 0.6 is 11.8 Å². The molecule has 2 N–H and O–H groups in total. The molecule has 1 spiro atoms. The van der Waals surface area contributed by atoms with Gasteiger partial charge in [0.1, 0.15) is 5.76 Å². The minimum Gasteiger partial charge on any atom is -0.497 e. The highest BCUT2D eigenvalue weighted by atomic mass is 32.2. The van der Waals surface area contributed by atoms with Crippen LogP contribution in [-0.4, -0.2) is 80.8 Å². The molecule has 0 amide bonds.